The summed E-state index contributed by atoms with van der Waals surface area (Å²) in [7, 11) is 0. The highest BCUT2D eigenvalue weighted by atomic mass is 19.1. The molecule has 0 saturated heterocycles. The number of carboxylic acids is 2. The molecule has 0 aromatic heterocycles. The highest BCUT2D eigenvalue weighted by Gasteiger charge is 2.20. The van der Waals surface area contributed by atoms with E-state index in [4.69, 9.17) is 15.9 Å². The molecular formula is C12H13FN2O5. The number of halogens is 1. The van der Waals surface area contributed by atoms with Gasteiger partial charge in [0.25, 0.3) is 0 Å². The SMILES string of the molecule is NC(CCC(=O)O)C(=O)Nc1c(F)cccc1C(=O)O. The maximum absolute atomic E-state index is 13.5. The zero-order valence-corrected chi connectivity index (χ0v) is 10.3. The van der Waals surface area contributed by atoms with Gasteiger partial charge in [-0.05, 0) is 18.6 Å². The monoisotopic (exact) mass is 284 g/mol. The molecule has 1 unspecified atom stereocenters. The molecule has 1 aromatic carbocycles. The average molecular weight is 284 g/mol. The molecule has 0 bridgehead atoms. The fourth-order valence-corrected chi connectivity index (χ4v) is 1.46. The summed E-state index contributed by atoms with van der Waals surface area (Å²) in [4.78, 5) is 32.9. The fourth-order valence-electron chi connectivity index (χ4n) is 1.46. The first-order valence-electron chi connectivity index (χ1n) is 5.63. The Morgan fingerprint density at radius 1 is 1.30 bits per heavy atom. The Labute approximate surface area is 113 Å². The van der Waals surface area contributed by atoms with Crippen LogP contribution in [0, 0.1) is 5.82 Å². The maximum atomic E-state index is 13.5. The molecule has 108 valence electrons. The van der Waals surface area contributed by atoms with E-state index in [1.54, 1.807) is 0 Å². The molecular weight excluding hydrogens is 271 g/mol. The van der Waals surface area contributed by atoms with Gasteiger partial charge in [0.2, 0.25) is 5.91 Å². The minimum atomic E-state index is -1.40. The number of carboxylic acid groups (broad SMARTS) is 2. The number of nitrogens with one attached hydrogen (secondary N) is 1. The Morgan fingerprint density at radius 3 is 2.50 bits per heavy atom. The van der Waals surface area contributed by atoms with Crippen molar-refractivity contribution < 1.29 is 29.0 Å². The Kier molecular flexibility index (Phi) is 5.15. The van der Waals surface area contributed by atoms with E-state index in [0.717, 1.165) is 12.1 Å². The van der Waals surface area contributed by atoms with Crippen LogP contribution in [-0.4, -0.2) is 34.1 Å². The van der Waals surface area contributed by atoms with E-state index in [9.17, 15) is 18.8 Å². The topological polar surface area (TPSA) is 130 Å². The summed E-state index contributed by atoms with van der Waals surface area (Å²) >= 11 is 0. The Morgan fingerprint density at radius 2 is 1.95 bits per heavy atom. The first kappa shape index (κ1) is 15.6. The largest absolute Gasteiger partial charge is 0.481 e. The van der Waals surface area contributed by atoms with Crippen LogP contribution in [0.5, 0.6) is 0 Å². The van der Waals surface area contributed by atoms with Gasteiger partial charge in [0.15, 0.2) is 0 Å². The van der Waals surface area contributed by atoms with Gasteiger partial charge in [-0.15, -0.1) is 0 Å². The van der Waals surface area contributed by atoms with Crippen LogP contribution >= 0.6 is 0 Å². The molecule has 0 spiro atoms. The summed E-state index contributed by atoms with van der Waals surface area (Å²) in [6, 6.07) is 2.14. The lowest BCUT2D eigenvalue weighted by molar-refractivity contribution is -0.137. The Hall–Kier alpha value is -2.48. The van der Waals surface area contributed by atoms with E-state index >= 15 is 0 Å². The number of carbonyl (C=O) groups excluding carboxylic acids is 1. The van der Waals surface area contributed by atoms with Crippen LogP contribution in [0.3, 0.4) is 0 Å². The van der Waals surface area contributed by atoms with Crippen molar-refractivity contribution >= 4 is 23.5 Å². The van der Waals surface area contributed by atoms with Crippen LogP contribution in [0.15, 0.2) is 18.2 Å². The molecule has 0 aliphatic carbocycles. The predicted molar refractivity (Wildman–Crippen MR) is 66.8 cm³/mol. The van der Waals surface area contributed by atoms with Gasteiger partial charge >= 0.3 is 11.9 Å². The third-order valence-electron chi connectivity index (χ3n) is 2.50. The molecule has 7 nitrogen and oxygen atoms in total. The first-order valence-corrected chi connectivity index (χ1v) is 5.63. The van der Waals surface area contributed by atoms with Crippen LogP contribution in [0.4, 0.5) is 10.1 Å². The van der Waals surface area contributed by atoms with Crippen molar-refractivity contribution in [2.24, 2.45) is 5.73 Å². The predicted octanol–water partition coefficient (Wildman–Crippen LogP) is 0.654. The second-order valence-electron chi connectivity index (χ2n) is 4.00. The van der Waals surface area contributed by atoms with Gasteiger partial charge in [0.05, 0.1) is 17.3 Å². The molecule has 1 aromatic rings. The second-order valence-corrected chi connectivity index (χ2v) is 4.00. The van der Waals surface area contributed by atoms with Crippen molar-refractivity contribution in [1.29, 1.82) is 0 Å². The van der Waals surface area contributed by atoms with E-state index in [1.807, 2.05) is 0 Å². The summed E-state index contributed by atoms with van der Waals surface area (Å²) in [5, 5.41) is 19.4. The number of rotatable bonds is 6. The molecule has 5 N–H and O–H groups in total. The number of aromatic carboxylic acids is 1. The number of hydrogen-bond acceptors (Lipinski definition) is 4. The summed E-state index contributed by atoms with van der Waals surface area (Å²) in [6.45, 7) is 0. The van der Waals surface area contributed by atoms with Crippen molar-refractivity contribution in [3.63, 3.8) is 0 Å². The summed E-state index contributed by atoms with van der Waals surface area (Å²) in [5.41, 5.74) is 4.54. The second kappa shape index (κ2) is 6.62. The van der Waals surface area contributed by atoms with E-state index in [0.29, 0.717) is 0 Å². The van der Waals surface area contributed by atoms with Crippen LogP contribution in [-0.2, 0) is 9.59 Å². The van der Waals surface area contributed by atoms with Gasteiger partial charge in [-0.3, -0.25) is 9.59 Å². The van der Waals surface area contributed by atoms with Gasteiger partial charge in [-0.2, -0.15) is 0 Å². The summed E-state index contributed by atoms with van der Waals surface area (Å²) < 4.78 is 13.5. The molecule has 0 aliphatic heterocycles. The van der Waals surface area contributed by atoms with Crippen molar-refractivity contribution in [3.8, 4) is 0 Å². The van der Waals surface area contributed by atoms with Gasteiger partial charge < -0.3 is 21.3 Å². The third-order valence-corrected chi connectivity index (χ3v) is 2.50. The number of carbonyl (C=O) groups is 3. The number of benzene rings is 1. The Balaban J connectivity index is 2.85. The number of nitrogens with two attached hydrogens (primary N) is 1. The van der Waals surface area contributed by atoms with Gasteiger partial charge in [0.1, 0.15) is 5.82 Å². The van der Waals surface area contributed by atoms with E-state index < -0.39 is 41.0 Å². The standard InChI is InChI=1S/C12H13FN2O5/c13-7-3-1-2-6(12(19)20)10(7)15-11(18)8(14)4-5-9(16)17/h1-3,8H,4-5,14H2,(H,15,18)(H,16,17)(H,19,20). The number of para-hydroxylation sites is 1. The maximum Gasteiger partial charge on any atom is 0.337 e. The van der Waals surface area contributed by atoms with E-state index in [2.05, 4.69) is 5.32 Å². The van der Waals surface area contributed by atoms with Crippen molar-refractivity contribution in [3.05, 3.63) is 29.6 Å². The highest BCUT2D eigenvalue weighted by molar-refractivity contribution is 6.02. The molecule has 20 heavy (non-hydrogen) atoms. The molecule has 1 amide bonds. The van der Waals surface area contributed by atoms with E-state index in [1.165, 1.54) is 6.07 Å². The minimum Gasteiger partial charge on any atom is -0.481 e. The molecule has 0 radical (unpaired) electrons. The number of aliphatic carboxylic acids is 1. The van der Waals surface area contributed by atoms with Crippen LogP contribution in [0.2, 0.25) is 0 Å². The number of amides is 1. The lowest BCUT2D eigenvalue weighted by Gasteiger charge is -2.13. The molecule has 0 aliphatic rings. The third kappa shape index (κ3) is 4.02. The molecule has 0 saturated carbocycles. The quantitative estimate of drug-likeness (QED) is 0.607. The molecule has 8 heteroatoms. The van der Waals surface area contributed by atoms with E-state index in [-0.39, 0.29) is 12.8 Å². The minimum absolute atomic E-state index is 0.141. The normalized spacial score (nSPS) is 11.7. The zero-order chi connectivity index (χ0) is 15.3. The highest BCUT2D eigenvalue weighted by Crippen LogP contribution is 2.20. The van der Waals surface area contributed by atoms with Crippen LogP contribution in [0.1, 0.15) is 23.2 Å². The van der Waals surface area contributed by atoms with Gasteiger partial charge in [-0.25, -0.2) is 9.18 Å². The lowest BCUT2D eigenvalue weighted by Crippen LogP contribution is -2.36. The number of hydrogen-bond donors (Lipinski definition) is 4. The lowest BCUT2D eigenvalue weighted by atomic mass is 10.1. The van der Waals surface area contributed by atoms with Gasteiger partial charge in [0, 0.05) is 6.42 Å². The molecule has 1 atom stereocenters. The first-order chi connectivity index (χ1) is 9.32. The fraction of sp³-hybridized carbons (Fsp3) is 0.250. The van der Waals surface area contributed by atoms with Crippen LogP contribution < -0.4 is 11.1 Å². The van der Waals surface area contributed by atoms with Crippen molar-refractivity contribution in [1.82, 2.24) is 0 Å². The Bertz CT molecular complexity index is 547. The van der Waals surface area contributed by atoms with Crippen LogP contribution in [0.25, 0.3) is 0 Å². The summed E-state index contributed by atoms with van der Waals surface area (Å²) in [6.07, 6.45) is -0.463. The van der Waals surface area contributed by atoms with Crippen molar-refractivity contribution in [2.75, 3.05) is 5.32 Å². The van der Waals surface area contributed by atoms with Gasteiger partial charge in [-0.1, -0.05) is 6.07 Å². The number of anilines is 1. The smallest absolute Gasteiger partial charge is 0.337 e. The molecule has 1 rings (SSSR count). The molecule has 0 heterocycles. The summed E-state index contributed by atoms with van der Waals surface area (Å²) in [5.74, 6) is -4.29. The van der Waals surface area contributed by atoms with Crippen molar-refractivity contribution in [2.45, 2.75) is 18.9 Å². The zero-order valence-electron chi connectivity index (χ0n) is 10.3. The molecule has 0 fully saturated rings. The average Bonchev–Trinajstić information content (AvgIpc) is 2.37.